The second-order valence-corrected chi connectivity index (χ2v) is 4.86. The Morgan fingerprint density at radius 1 is 1.24 bits per heavy atom. The molecule has 17 heavy (non-hydrogen) atoms. The van der Waals surface area contributed by atoms with Crippen molar-refractivity contribution in [2.75, 3.05) is 6.54 Å². The summed E-state index contributed by atoms with van der Waals surface area (Å²) < 4.78 is 0. The minimum atomic E-state index is 0.0592. The van der Waals surface area contributed by atoms with Gasteiger partial charge in [0.2, 0.25) is 0 Å². The van der Waals surface area contributed by atoms with Crippen LogP contribution in [0, 0.1) is 0 Å². The van der Waals surface area contributed by atoms with Gasteiger partial charge >= 0.3 is 0 Å². The van der Waals surface area contributed by atoms with Crippen molar-refractivity contribution in [3.8, 4) is 0 Å². The number of nitrogens with one attached hydrogen (secondary N) is 1. The van der Waals surface area contributed by atoms with Crippen LogP contribution in [0.1, 0.15) is 41.1 Å². The Morgan fingerprint density at radius 2 is 2.18 bits per heavy atom. The summed E-state index contributed by atoms with van der Waals surface area (Å²) >= 11 is 0. The Balaban J connectivity index is 2.07. The molecule has 0 amide bonds. The Hall–Kier alpha value is -1.51. The molecule has 1 atom stereocenters. The van der Waals surface area contributed by atoms with Gasteiger partial charge < -0.3 is 5.32 Å². The van der Waals surface area contributed by atoms with Gasteiger partial charge in [0.25, 0.3) is 0 Å². The lowest BCUT2D eigenvalue weighted by Gasteiger charge is -2.26. The summed E-state index contributed by atoms with van der Waals surface area (Å²) in [5.41, 5.74) is 14.1. The number of aryl methyl sites for hydroxylation is 1. The summed E-state index contributed by atoms with van der Waals surface area (Å²) in [5.74, 6) is 0. The van der Waals surface area contributed by atoms with Crippen LogP contribution in [-0.4, -0.2) is 6.54 Å². The van der Waals surface area contributed by atoms with E-state index in [2.05, 4.69) is 27.5 Å². The van der Waals surface area contributed by atoms with Gasteiger partial charge in [0.15, 0.2) is 0 Å². The van der Waals surface area contributed by atoms with Crippen molar-refractivity contribution < 1.29 is 0 Å². The first kappa shape index (κ1) is 10.6. The summed E-state index contributed by atoms with van der Waals surface area (Å²) in [5, 5.41) is 7.34. The van der Waals surface area contributed by atoms with Crippen LogP contribution in [0.25, 0.3) is 10.4 Å². The predicted molar refractivity (Wildman–Crippen MR) is 66.7 cm³/mol. The van der Waals surface area contributed by atoms with Gasteiger partial charge in [-0.3, -0.25) is 0 Å². The summed E-state index contributed by atoms with van der Waals surface area (Å²) in [6.45, 7) is 2.03. The maximum atomic E-state index is 8.63. The molecule has 88 valence electrons. The van der Waals surface area contributed by atoms with Gasteiger partial charge in [0.05, 0.1) is 6.04 Å². The van der Waals surface area contributed by atoms with Gasteiger partial charge in [-0.1, -0.05) is 17.2 Å². The molecule has 0 fully saturated rings. The molecule has 4 nitrogen and oxygen atoms in total. The summed E-state index contributed by atoms with van der Waals surface area (Å²) in [7, 11) is 0. The average molecular weight is 228 g/mol. The first-order chi connectivity index (χ1) is 8.38. The van der Waals surface area contributed by atoms with Gasteiger partial charge in [-0.15, -0.1) is 0 Å². The van der Waals surface area contributed by atoms with E-state index >= 15 is 0 Å². The molecule has 0 aromatic heterocycles. The fourth-order valence-electron chi connectivity index (χ4n) is 2.95. The van der Waals surface area contributed by atoms with E-state index in [0.29, 0.717) is 0 Å². The summed E-state index contributed by atoms with van der Waals surface area (Å²) in [4.78, 5) is 2.98. The Bertz CT molecular complexity index is 488. The number of hydrogen-bond donors (Lipinski definition) is 1. The molecule has 0 bridgehead atoms. The van der Waals surface area contributed by atoms with Gasteiger partial charge in [0, 0.05) is 11.5 Å². The van der Waals surface area contributed by atoms with Crippen molar-refractivity contribution in [1.82, 2.24) is 5.32 Å². The van der Waals surface area contributed by atoms with Crippen molar-refractivity contribution in [3.63, 3.8) is 0 Å². The maximum absolute atomic E-state index is 8.63. The van der Waals surface area contributed by atoms with Crippen molar-refractivity contribution in [2.45, 2.75) is 38.3 Å². The molecule has 4 heteroatoms. The fourth-order valence-corrected chi connectivity index (χ4v) is 2.95. The molecule has 1 heterocycles. The smallest absolute Gasteiger partial charge is 0.0628 e. The van der Waals surface area contributed by atoms with Crippen LogP contribution < -0.4 is 5.32 Å². The molecule has 0 spiro atoms. The molecule has 1 aliphatic heterocycles. The van der Waals surface area contributed by atoms with Gasteiger partial charge in [-0.25, -0.2) is 0 Å². The SMILES string of the molecule is [N-]=[N+]=N[C@@H]1CCCc2cc3c(cc21)CCNC3. The first-order valence-corrected chi connectivity index (χ1v) is 6.28. The predicted octanol–water partition coefficient (Wildman–Crippen LogP) is 3.02. The second kappa shape index (κ2) is 4.40. The molecule has 0 unspecified atom stereocenters. The standard InChI is InChI=1S/C13H16N4/c14-17-16-13-3-1-2-10-6-11-8-15-5-4-9(11)7-12(10)13/h6-7,13,15H,1-5,8H2/t13-/m1/s1. The molecule has 1 N–H and O–H groups in total. The number of nitrogens with zero attached hydrogens (tertiary/aromatic N) is 3. The van der Waals surface area contributed by atoms with E-state index in [4.69, 9.17) is 5.53 Å². The Labute approximate surface area is 101 Å². The van der Waals surface area contributed by atoms with Crippen molar-refractivity contribution >= 4 is 0 Å². The van der Waals surface area contributed by atoms with E-state index in [1.807, 2.05) is 0 Å². The van der Waals surface area contributed by atoms with E-state index in [-0.39, 0.29) is 6.04 Å². The lowest BCUT2D eigenvalue weighted by atomic mass is 9.84. The Morgan fingerprint density at radius 3 is 3.06 bits per heavy atom. The fraction of sp³-hybridized carbons (Fsp3) is 0.538. The number of hydrogen-bond acceptors (Lipinski definition) is 2. The minimum Gasteiger partial charge on any atom is -0.312 e. The molecule has 3 rings (SSSR count). The quantitative estimate of drug-likeness (QED) is 0.448. The Kier molecular flexibility index (Phi) is 2.75. The zero-order valence-corrected chi connectivity index (χ0v) is 9.82. The molecule has 0 saturated heterocycles. The lowest BCUT2D eigenvalue weighted by Crippen LogP contribution is -2.24. The minimum absolute atomic E-state index is 0.0592. The first-order valence-electron chi connectivity index (χ1n) is 6.28. The zero-order valence-electron chi connectivity index (χ0n) is 9.82. The van der Waals surface area contributed by atoms with E-state index in [1.54, 1.807) is 0 Å². The monoisotopic (exact) mass is 228 g/mol. The van der Waals surface area contributed by atoms with Crippen LogP contribution in [0.15, 0.2) is 17.2 Å². The van der Waals surface area contributed by atoms with Crippen LogP contribution in [0.4, 0.5) is 0 Å². The van der Waals surface area contributed by atoms with Gasteiger partial charge in [-0.05, 0) is 60.0 Å². The van der Waals surface area contributed by atoms with E-state index < -0.39 is 0 Å². The molecular weight excluding hydrogens is 212 g/mol. The normalized spacial score (nSPS) is 22.2. The van der Waals surface area contributed by atoms with E-state index in [0.717, 1.165) is 38.8 Å². The highest BCUT2D eigenvalue weighted by molar-refractivity contribution is 5.42. The van der Waals surface area contributed by atoms with Crippen LogP contribution in [0.2, 0.25) is 0 Å². The average Bonchev–Trinajstić information content (AvgIpc) is 2.37. The molecule has 1 aliphatic carbocycles. The van der Waals surface area contributed by atoms with Crippen molar-refractivity contribution in [1.29, 1.82) is 0 Å². The van der Waals surface area contributed by atoms with Gasteiger partial charge in [-0.2, -0.15) is 0 Å². The number of fused-ring (bicyclic) bond motifs is 2. The summed E-state index contributed by atoms with van der Waals surface area (Å²) in [6.07, 6.45) is 4.34. The molecule has 2 aliphatic rings. The van der Waals surface area contributed by atoms with E-state index in [9.17, 15) is 0 Å². The van der Waals surface area contributed by atoms with Crippen LogP contribution in [-0.2, 0) is 19.4 Å². The van der Waals surface area contributed by atoms with Crippen LogP contribution in [0.5, 0.6) is 0 Å². The highest BCUT2D eigenvalue weighted by Gasteiger charge is 2.21. The molecular formula is C13H16N4. The molecule has 0 saturated carbocycles. The number of azide groups is 1. The van der Waals surface area contributed by atoms with Gasteiger partial charge in [0.1, 0.15) is 0 Å². The largest absolute Gasteiger partial charge is 0.312 e. The third-order valence-electron chi connectivity index (χ3n) is 3.82. The zero-order chi connectivity index (χ0) is 11.7. The van der Waals surface area contributed by atoms with Crippen LogP contribution >= 0.6 is 0 Å². The topological polar surface area (TPSA) is 60.8 Å². The number of rotatable bonds is 1. The highest BCUT2D eigenvalue weighted by Crippen LogP contribution is 2.35. The molecule has 1 aromatic carbocycles. The highest BCUT2D eigenvalue weighted by atomic mass is 15.1. The third kappa shape index (κ3) is 1.90. The molecule has 1 aromatic rings. The molecule has 0 radical (unpaired) electrons. The lowest BCUT2D eigenvalue weighted by molar-refractivity contribution is 0.561. The van der Waals surface area contributed by atoms with Crippen molar-refractivity contribution in [2.24, 2.45) is 5.11 Å². The maximum Gasteiger partial charge on any atom is 0.0628 e. The number of benzene rings is 1. The van der Waals surface area contributed by atoms with Crippen molar-refractivity contribution in [3.05, 3.63) is 44.8 Å². The van der Waals surface area contributed by atoms with Crippen LogP contribution in [0.3, 0.4) is 0 Å². The second-order valence-electron chi connectivity index (χ2n) is 4.86. The third-order valence-corrected chi connectivity index (χ3v) is 3.82. The summed E-state index contributed by atoms with van der Waals surface area (Å²) in [6, 6.07) is 4.66. The van der Waals surface area contributed by atoms with E-state index in [1.165, 1.54) is 22.3 Å².